The summed E-state index contributed by atoms with van der Waals surface area (Å²) in [6.45, 7) is 3.22. The third-order valence-electron chi connectivity index (χ3n) is 4.04. The van der Waals surface area contributed by atoms with Crippen molar-refractivity contribution in [3.63, 3.8) is 0 Å². The van der Waals surface area contributed by atoms with Gasteiger partial charge in [0.15, 0.2) is 5.79 Å². The van der Waals surface area contributed by atoms with Gasteiger partial charge >= 0.3 is 5.97 Å². The molecular weight excluding hydrogens is 296 g/mol. The van der Waals surface area contributed by atoms with Gasteiger partial charge in [-0.05, 0) is 19.3 Å². The number of benzene rings is 1. The zero-order valence-electron chi connectivity index (χ0n) is 13.5. The van der Waals surface area contributed by atoms with E-state index in [2.05, 4.69) is 0 Å². The first kappa shape index (κ1) is 17.6. The minimum atomic E-state index is -0.767. The molecule has 1 aliphatic rings. The zero-order chi connectivity index (χ0) is 16.5. The second-order valence-electron chi connectivity index (χ2n) is 5.63. The lowest BCUT2D eigenvalue weighted by Gasteiger charge is -2.29. The maximum atomic E-state index is 11.7. The highest BCUT2D eigenvalue weighted by atomic mass is 16.7. The molecule has 1 aromatic carbocycles. The van der Waals surface area contributed by atoms with Gasteiger partial charge in [0.1, 0.15) is 6.29 Å². The summed E-state index contributed by atoms with van der Waals surface area (Å²) in [5, 5.41) is 0. The van der Waals surface area contributed by atoms with E-state index in [-0.39, 0.29) is 18.3 Å². The molecule has 2 rings (SSSR count). The fourth-order valence-corrected chi connectivity index (χ4v) is 2.89. The lowest BCUT2D eigenvalue weighted by atomic mass is 9.91. The van der Waals surface area contributed by atoms with Gasteiger partial charge in [-0.3, -0.25) is 4.79 Å². The Hall–Kier alpha value is -1.72. The van der Waals surface area contributed by atoms with Crippen LogP contribution >= 0.6 is 0 Å². The molecule has 0 bridgehead atoms. The third-order valence-corrected chi connectivity index (χ3v) is 4.04. The summed E-state index contributed by atoms with van der Waals surface area (Å²) < 4.78 is 16.7. The molecule has 1 fully saturated rings. The topological polar surface area (TPSA) is 61.8 Å². The number of esters is 1. The first-order valence-electron chi connectivity index (χ1n) is 8.13. The van der Waals surface area contributed by atoms with Crippen LogP contribution in [0.15, 0.2) is 30.3 Å². The molecule has 1 aromatic rings. The Balaban J connectivity index is 2.01. The molecule has 5 nitrogen and oxygen atoms in total. The van der Waals surface area contributed by atoms with Crippen LogP contribution in [0.2, 0.25) is 0 Å². The summed E-state index contributed by atoms with van der Waals surface area (Å²) >= 11 is 0. The monoisotopic (exact) mass is 320 g/mol. The van der Waals surface area contributed by atoms with Crippen LogP contribution in [0, 0.1) is 5.92 Å². The fourth-order valence-electron chi connectivity index (χ4n) is 2.89. The fraction of sp³-hybridized carbons (Fsp3) is 0.556. The summed E-state index contributed by atoms with van der Waals surface area (Å²) in [4.78, 5) is 22.6. The molecule has 0 radical (unpaired) electrons. The lowest BCUT2D eigenvalue weighted by molar-refractivity contribution is -0.174. The molecule has 1 aliphatic heterocycles. The zero-order valence-corrected chi connectivity index (χ0v) is 13.5. The summed E-state index contributed by atoms with van der Waals surface area (Å²) in [6, 6.07) is 9.80. The first-order chi connectivity index (χ1) is 11.2. The lowest BCUT2D eigenvalue weighted by Crippen LogP contribution is -2.28. The first-order valence-corrected chi connectivity index (χ1v) is 8.13. The molecular formula is C18H24O5. The highest BCUT2D eigenvalue weighted by Gasteiger charge is 2.38. The van der Waals surface area contributed by atoms with Crippen molar-refractivity contribution in [1.29, 1.82) is 0 Å². The van der Waals surface area contributed by atoms with Gasteiger partial charge in [0.25, 0.3) is 0 Å². The van der Waals surface area contributed by atoms with E-state index in [1.54, 1.807) is 6.92 Å². The van der Waals surface area contributed by atoms with Crippen LogP contribution in [-0.4, -0.2) is 32.1 Å². The largest absolute Gasteiger partial charge is 0.466 e. The van der Waals surface area contributed by atoms with E-state index in [0.29, 0.717) is 39.1 Å². The van der Waals surface area contributed by atoms with Gasteiger partial charge in [-0.1, -0.05) is 30.3 Å². The number of hydrogen-bond acceptors (Lipinski definition) is 5. The van der Waals surface area contributed by atoms with Crippen molar-refractivity contribution in [2.45, 2.75) is 38.4 Å². The summed E-state index contributed by atoms with van der Waals surface area (Å²) in [5.74, 6) is -1.09. The molecule has 0 saturated carbocycles. The second-order valence-corrected chi connectivity index (χ2v) is 5.63. The number of ether oxygens (including phenoxy) is 3. The summed E-state index contributed by atoms with van der Waals surface area (Å²) in [6.07, 6.45) is 2.71. The molecule has 0 spiro atoms. The van der Waals surface area contributed by atoms with Crippen LogP contribution < -0.4 is 0 Å². The average Bonchev–Trinajstić information content (AvgIpc) is 3.04. The number of hydrogen-bond donors (Lipinski definition) is 0. The van der Waals surface area contributed by atoms with E-state index in [0.717, 1.165) is 11.8 Å². The Morgan fingerprint density at radius 2 is 2.00 bits per heavy atom. The molecule has 0 N–H and O–H groups in total. The Morgan fingerprint density at radius 1 is 1.30 bits per heavy atom. The SMILES string of the molecule is CCOC(=O)C[C@H](CC=O)CCC1(c2ccccc2)OCCO1. The van der Waals surface area contributed by atoms with E-state index in [1.165, 1.54) is 0 Å². The number of aldehydes is 1. The van der Waals surface area contributed by atoms with Crippen molar-refractivity contribution < 1.29 is 23.8 Å². The van der Waals surface area contributed by atoms with E-state index < -0.39 is 5.79 Å². The van der Waals surface area contributed by atoms with Crippen LogP contribution in [0.3, 0.4) is 0 Å². The van der Waals surface area contributed by atoms with E-state index in [1.807, 2.05) is 30.3 Å². The quantitative estimate of drug-likeness (QED) is 0.517. The summed E-state index contributed by atoms with van der Waals surface area (Å²) in [7, 11) is 0. The van der Waals surface area contributed by atoms with Crippen LogP contribution in [0.1, 0.15) is 38.2 Å². The van der Waals surface area contributed by atoms with Gasteiger partial charge in [-0.25, -0.2) is 0 Å². The predicted molar refractivity (Wildman–Crippen MR) is 84.7 cm³/mol. The molecule has 0 aromatic heterocycles. The third kappa shape index (κ3) is 4.88. The Kier molecular flexibility index (Phi) is 6.74. The van der Waals surface area contributed by atoms with Crippen molar-refractivity contribution in [2.75, 3.05) is 19.8 Å². The smallest absolute Gasteiger partial charge is 0.306 e. The van der Waals surface area contributed by atoms with Crippen molar-refractivity contribution in [3.05, 3.63) is 35.9 Å². The highest BCUT2D eigenvalue weighted by molar-refractivity contribution is 5.70. The van der Waals surface area contributed by atoms with Gasteiger partial charge in [0.05, 0.1) is 19.8 Å². The Bertz CT molecular complexity index is 493. The van der Waals surface area contributed by atoms with Gasteiger partial charge < -0.3 is 19.0 Å². The van der Waals surface area contributed by atoms with Crippen molar-refractivity contribution in [3.8, 4) is 0 Å². The van der Waals surface area contributed by atoms with Gasteiger partial charge in [-0.2, -0.15) is 0 Å². The normalized spacial score (nSPS) is 17.6. The van der Waals surface area contributed by atoms with Crippen LogP contribution in [0.5, 0.6) is 0 Å². The highest BCUT2D eigenvalue weighted by Crippen LogP contribution is 2.37. The molecule has 0 amide bonds. The molecule has 126 valence electrons. The van der Waals surface area contributed by atoms with Crippen LogP contribution in [-0.2, 0) is 29.6 Å². The maximum Gasteiger partial charge on any atom is 0.306 e. The molecule has 0 aliphatic carbocycles. The van der Waals surface area contributed by atoms with Crippen LogP contribution in [0.4, 0.5) is 0 Å². The number of rotatable bonds is 9. The standard InChI is InChI=1S/C18H24O5/c1-2-21-17(20)14-15(9-11-19)8-10-18(22-12-13-23-18)16-6-4-3-5-7-16/h3-7,11,15H,2,8-10,12-14H2,1H3/t15-/m0/s1. The Labute approximate surface area is 136 Å². The maximum absolute atomic E-state index is 11.7. The molecule has 1 saturated heterocycles. The van der Waals surface area contributed by atoms with Crippen molar-refractivity contribution in [1.82, 2.24) is 0 Å². The van der Waals surface area contributed by atoms with Crippen molar-refractivity contribution in [2.24, 2.45) is 5.92 Å². The van der Waals surface area contributed by atoms with E-state index >= 15 is 0 Å². The molecule has 1 heterocycles. The molecule has 5 heteroatoms. The number of carbonyl (C=O) groups is 2. The Morgan fingerprint density at radius 3 is 2.61 bits per heavy atom. The predicted octanol–water partition coefficient (Wildman–Crippen LogP) is 2.82. The minimum Gasteiger partial charge on any atom is -0.466 e. The summed E-state index contributed by atoms with van der Waals surface area (Å²) in [5.41, 5.74) is 0.971. The van der Waals surface area contributed by atoms with Gasteiger partial charge in [-0.15, -0.1) is 0 Å². The molecule has 1 atom stereocenters. The molecule has 0 unspecified atom stereocenters. The van der Waals surface area contributed by atoms with Gasteiger partial charge in [0.2, 0.25) is 0 Å². The second kappa shape index (κ2) is 8.79. The van der Waals surface area contributed by atoms with E-state index in [4.69, 9.17) is 14.2 Å². The average molecular weight is 320 g/mol. The van der Waals surface area contributed by atoms with Crippen molar-refractivity contribution >= 4 is 12.3 Å². The van der Waals surface area contributed by atoms with E-state index in [9.17, 15) is 9.59 Å². The minimum absolute atomic E-state index is 0.0556. The van der Waals surface area contributed by atoms with Gasteiger partial charge in [0, 0.05) is 24.8 Å². The molecule has 23 heavy (non-hydrogen) atoms. The van der Waals surface area contributed by atoms with Crippen LogP contribution in [0.25, 0.3) is 0 Å². The number of carbonyl (C=O) groups excluding carboxylic acids is 2.